The molecule has 0 heterocycles. The van der Waals surface area contributed by atoms with Crippen LogP contribution in [0.3, 0.4) is 0 Å². The molecule has 2 atom stereocenters. The van der Waals surface area contributed by atoms with Crippen molar-refractivity contribution in [3.8, 4) is 5.75 Å². The molecule has 100 valence electrons. The lowest BCUT2D eigenvalue weighted by Gasteiger charge is -2.26. The molecule has 2 nitrogen and oxygen atoms in total. The van der Waals surface area contributed by atoms with E-state index in [9.17, 15) is 4.39 Å². The number of hydrogen-bond acceptors (Lipinski definition) is 2. The molecule has 0 saturated heterocycles. The van der Waals surface area contributed by atoms with Gasteiger partial charge in [-0.2, -0.15) is 0 Å². The molecule has 0 bridgehead atoms. The normalized spacial score (nSPS) is 23.9. The first-order chi connectivity index (χ1) is 8.56. The quantitative estimate of drug-likeness (QED) is 0.834. The van der Waals surface area contributed by atoms with E-state index in [-0.39, 0.29) is 5.02 Å². The van der Waals surface area contributed by atoms with Crippen LogP contribution in [-0.4, -0.2) is 6.61 Å². The third-order valence-corrected chi connectivity index (χ3v) is 3.86. The summed E-state index contributed by atoms with van der Waals surface area (Å²) in [6.45, 7) is 2.91. The summed E-state index contributed by atoms with van der Waals surface area (Å²) in [7, 11) is 0. The first-order valence-electron chi connectivity index (χ1n) is 6.43. The predicted molar refractivity (Wildman–Crippen MR) is 72.4 cm³/mol. The largest absolute Gasteiger partial charge is 0.491 e. The zero-order valence-electron chi connectivity index (χ0n) is 10.6. The van der Waals surface area contributed by atoms with Crippen LogP contribution in [-0.2, 0) is 0 Å². The highest BCUT2D eigenvalue weighted by atomic mass is 35.5. The van der Waals surface area contributed by atoms with Gasteiger partial charge in [0.2, 0.25) is 0 Å². The molecule has 4 heteroatoms. The number of benzene rings is 1. The lowest BCUT2D eigenvalue weighted by molar-refractivity contribution is 0.183. The van der Waals surface area contributed by atoms with Gasteiger partial charge in [-0.25, -0.2) is 4.39 Å². The smallest absolute Gasteiger partial charge is 0.144 e. The van der Waals surface area contributed by atoms with Gasteiger partial charge in [0.15, 0.2) is 0 Å². The van der Waals surface area contributed by atoms with Gasteiger partial charge in [-0.05, 0) is 24.7 Å². The maximum absolute atomic E-state index is 13.1. The molecule has 1 aromatic rings. The molecular formula is C14H19ClFNO. The highest BCUT2D eigenvalue weighted by Crippen LogP contribution is 2.32. The van der Waals surface area contributed by atoms with Gasteiger partial charge in [0.05, 0.1) is 17.3 Å². The van der Waals surface area contributed by atoms with Crippen LogP contribution < -0.4 is 10.5 Å². The summed E-state index contributed by atoms with van der Waals surface area (Å²) in [6, 6.07) is 2.67. The van der Waals surface area contributed by atoms with Crippen molar-refractivity contribution in [1.29, 1.82) is 0 Å². The first-order valence-corrected chi connectivity index (χ1v) is 6.81. The molecule has 1 fully saturated rings. The number of hydrogen-bond donors (Lipinski definition) is 1. The summed E-state index contributed by atoms with van der Waals surface area (Å²) < 4.78 is 18.8. The Morgan fingerprint density at radius 2 is 2.22 bits per heavy atom. The average Bonchev–Trinajstić information content (AvgIpc) is 2.32. The topological polar surface area (TPSA) is 35.2 Å². The maximum Gasteiger partial charge on any atom is 0.144 e. The zero-order chi connectivity index (χ0) is 13.1. The van der Waals surface area contributed by atoms with Crippen molar-refractivity contribution >= 4 is 17.3 Å². The lowest BCUT2D eigenvalue weighted by atomic mass is 9.83. The standard InChI is InChI=1S/C14H19ClFNO/c1-9-3-2-4-10(5-9)8-18-14-6-11(15)12(16)7-13(14)17/h6-7,9-10H,2-5,8,17H2,1H3. The Hall–Kier alpha value is -0.960. The Bertz CT molecular complexity index is 425. The van der Waals surface area contributed by atoms with E-state index < -0.39 is 5.82 Å². The van der Waals surface area contributed by atoms with Crippen LogP contribution in [0.1, 0.15) is 32.6 Å². The van der Waals surface area contributed by atoms with E-state index in [1.54, 1.807) is 0 Å². The summed E-state index contributed by atoms with van der Waals surface area (Å²) in [5.41, 5.74) is 6.02. The number of anilines is 1. The fourth-order valence-electron chi connectivity index (χ4n) is 2.59. The zero-order valence-corrected chi connectivity index (χ0v) is 11.3. The summed E-state index contributed by atoms with van der Waals surface area (Å²) in [5.74, 6) is 1.31. The lowest BCUT2D eigenvalue weighted by Crippen LogP contribution is -2.20. The van der Waals surface area contributed by atoms with Crippen LogP contribution in [0.4, 0.5) is 10.1 Å². The Balaban J connectivity index is 1.95. The second kappa shape index (κ2) is 5.79. The Kier molecular flexibility index (Phi) is 4.33. The van der Waals surface area contributed by atoms with Crippen LogP contribution >= 0.6 is 11.6 Å². The molecule has 1 saturated carbocycles. The summed E-state index contributed by atoms with van der Waals surface area (Å²) in [4.78, 5) is 0. The number of nitrogens with two attached hydrogens (primary N) is 1. The monoisotopic (exact) mass is 271 g/mol. The van der Waals surface area contributed by atoms with Crippen LogP contribution in [0.15, 0.2) is 12.1 Å². The molecule has 0 amide bonds. The van der Waals surface area contributed by atoms with E-state index in [1.165, 1.54) is 37.8 Å². The minimum absolute atomic E-state index is 0.0520. The highest BCUT2D eigenvalue weighted by Gasteiger charge is 2.19. The minimum Gasteiger partial charge on any atom is -0.491 e. The van der Waals surface area contributed by atoms with Crippen molar-refractivity contribution in [2.24, 2.45) is 11.8 Å². The number of halogens is 2. The predicted octanol–water partition coefficient (Wildman–Crippen LogP) is 4.27. The molecule has 1 aliphatic rings. The molecule has 1 aromatic carbocycles. The van der Waals surface area contributed by atoms with E-state index >= 15 is 0 Å². The van der Waals surface area contributed by atoms with Gasteiger partial charge in [-0.15, -0.1) is 0 Å². The number of rotatable bonds is 3. The van der Waals surface area contributed by atoms with Crippen LogP contribution in [0.5, 0.6) is 5.75 Å². The minimum atomic E-state index is -0.507. The van der Waals surface area contributed by atoms with E-state index in [0.717, 1.165) is 5.92 Å². The van der Waals surface area contributed by atoms with Gasteiger partial charge in [0.25, 0.3) is 0 Å². The fourth-order valence-corrected chi connectivity index (χ4v) is 2.74. The molecule has 2 N–H and O–H groups in total. The summed E-state index contributed by atoms with van der Waals surface area (Å²) in [6.07, 6.45) is 4.95. The maximum atomic E-state index is 13.1. The van der Waals surface area contributed by atoms with Crippen LogP contribution in [0.25, 0.3) is 0 Å². The Morgan fingerprint density at radius 1 is 1.44 bits per heavy atom. The van der Waals surface area contributed by atoms with Crippen molar-refractivity contribution in [3.05, 3.63) is 23.0 Å². The molecule has 0 aliphatic heterocycles. The fraction of sp³-hybridized carbons (Fsp3) is 0.571. The molecule has 1 aliphatic carbocycles. The third kappa shape index (κ3) is 3.29. The number of ether oxygens (including phenoxy) is 1. The highest BCUT2D eigenvalue weighted by molar-refractivity contribution is 6.31. The van der Waals surface area contributed by atoms with Gasteiger partial charge in [0, 0.05) is 12.1 Å². The van der Waals surface area contributed by atoms with Crippen molar-refractivity contribution < 1.29 is 9.13 Å². The van der Waals surface area contributed by atoms with E-state index in [0.29, 0.717) is 24.0 Å². The molecule has 0 radical (unpaired) electrons. The van der Waals surface area contributed by atoms with Gasteiger partial charge >= 0.3 is 0 Å². The van der Waals surface area contributed by atoms with Crippen molar-refractivity contribution in [2.45, 2.75) is 32.6 Å². The second-order valence-electron chi connectivity index (χ2n) is 5.25. The second-order valence-corrected chi connectivity index (χ2v) is 5.66. The molecule has 18 heavy (non-hydrogen) atoms. The Morgan fingerprint density at radius 3 is 2.94 bits per heavy atom. The third-order valence-electron chi connectivity index (χ3n) is 3.57. The molecule has 0 aromatic heterocycles. The van der Waals surface area contributed by atoms with Crippen molar-refractivity contribution in [2.75, 3.05) is 12.3 Å². The van der Waals surface area contributed by atoms with E-state index in [1.807, 2.05) is 0 Å². The molecule has 2 rings (SSSR count). The average molecular weight is 272 g/mol. The number of nitrogen functional groups attached to an aromatic ring is 1. The summed E-state index contributed by atoms with van der Waals surface area (Å²) in [5, 5.41) is 0.0520. The van der Waals surface area contributed by atoms with Gasteiger partial charge in [-0.1, -0.05) is 31.4 Å². The Labute approximate surface area is 112 Å². The van der Waals surface area contributed by atoms with Gasteiger partial charge < -0.3 is 10.5 Å². The van der Waals surface area contributed by atoms with Gasteiger partial charge in [0.1, 0.15) is 11.6 Å². The van der Waals surface area contributed by atoms with Crippen LogP contribution in [0, 0.1) is 17.7 Å². The van der Waals surface area contributed by atoms with Crippen molar-refractivity contribution in [3.63, 3.8) is 0 Å². The summed E-state index contributed by atoms with van der Waals surface area (Å²) >= 11 is 5.72. The van der Waals surface area contributed by atoms with Gasteiger partial charge in [-0.3, -0.25) is 0 Å². The van der Waals surface area contributed by atoms with Crippen molar-refractivity contribution in [1.82, 2.24) is 0 Å². The first kappa shape index (κ1) is 13.5. The van der Waals surface area contributed by atoms with Crippen LogP contribution in [0.2, 0.25) is 5.02 Å². The molecule has 0 spiro atoms. The SMILES string of the molecule is CC1CCCC(COc2cc(Cl)c(F)cc2N)C1. The molecule has 2 unspecified atom stereocenters. The van der Waals surface area contributed by atoms with E-state index in [2.05, 4.69) is 6.92 Å². The van der Waals surface area contributed by atoms with E-state index in [4.69, 9.17) is 22.1 Å². The molecular weight excluding hydrogens is 253 g/mol.